The Morgan fingerprint density at radius 2 is 2.16 bits per heavy atom. The van der Waals surface area contributed by atoms with Crippen molar-refractivity contribution >= 4 is 5.65 Å². The summed E-state index contributed by atoms with van der Waals surface area (Å²) in [5, 5.41) is 11.5. The van der Waals surface area contributed by atoms with E-state index in [1.807, 2.05) is 0 Å². The summed E-state index contributed by atoms with van der Waals surface area (Å²) in [5.41, 5.74) is 1.29. The second kappa shape index (κ2) is 4.07. The zero-order valence-electron chi connectivity index (χ0n) is 9.59. The number of nitriles is 1. The molecule has 3 aromatic rings. The van der Waals surface area contributed by atoms with E-state index in [4.69, 9.17) is 5.26 Å². The largest absolute Gasteiger partial charge is 0.289 e. The highest BCUT2D eigenvalue weighted by molar-refractivity contribution is 5.64. The van der Waals surface area contributed by atoms with Gasteiger partial charge in [-0.15, -0.1) is 0 Å². The molecule has 0 radical (unpaired) electrons. The number of aromatic amines is 1. The number of nitrogens with one attached hydrogen (secondary N) is 1. The van der Waals surface area contributed by atoms with Gasteiger partial charge in [-0.25, -0.2) is 13.9 Å². The number of benzene rings is 1. The fourth-order valence-corrected chi connectivity index (χ4v) is 1.84. The van der Waals surface area contributed by atoms with E-state index in [2.05, 4.69) is 10.1 Å². The first kappa shape index (κ1) is 11.2. The molecule has 6 heteroatoms. The Morgan fingerprint density at radius 1 is 1.32 bits per heavy atom. The van der Waals surface area contributed by atoms with E-state index < -0.39 is 5.82 Å². The second-order valence-electron chi connectivity index (χ2n) is 3.95. The molecule has 5 nitrogen and oxygen atoms in total. The number of hydrogen-bond donors (Lipinski definition) is 1. The van der Waals surface area contributed by atoms with Crippen LogP contribution in [0.3, 0.4) is 0 Å². The maximum atomic E-state index is 13.6. The zero-order valence-corrected chi connectivity index (χ0v) is 9.59. The van der Waals surface area contributed by atoms with E-state index in [0.717, 1.165) is 0 Å². The van der Waals surface area contributed by atoms with Crippen LogP contribution in [-0.2, 0) is 0 Å². The number of hydrogen-bond acceptors (Lipinski definition) is 3. The molecule has 2 aromatic heterocycles. The highest BCUT2D eigenvalue weighted by Crippen LogP contribution is 2.20. The van der Waals surface area contributed by atoms with Gasteiger partial charge in [0.25, 0.3) is 5.56 Å². The minimum Gasteiger partial charge on any atom is -0.289 e. The van der Waals surface area contributed by atoms with Crippen molar-refractivity contribution in [2.45, 2.75) is 0 Å². The molecule has 1 N–H and O–H groups in total. The Labute approximate surface area is 106 Å². The molecular weight excluding hydrogens is 247 g/mol. The molecule has 0 bridgehead atoms. The smallest absolute Gasteiger partial charge is 0.272 e. The van der Waals surface area contributed by atoms with Gasteiger partial charge in [0.05, 0.1) is 11.3 Å². The van der Waals surface area contributed by atoms with Gasteiger partial charge in [-0.3, -0.25) is 9.89 Å². The normalized spacial score (nSPS) is 10.5. The number of nitrogens with zero attached hydrogens (tertiary/aromatic N) is 3. The molecule has 92 valence electrons. The number of rotatable bonds is 1. The third-order valence-electron chi connectivity index (χ3n) is 2.78. The van der Waals surface area contributed by atoms with Crippen molar-refractivity contribution in [3.05, 3.63) is 58.3 Å². The van der Waals surface area contributed by atoms with Crippen LogP contribution < -0.4 is 5.56 Å². The molecule has 0 saturated heterocycles. The summed E-state index contributed by atoms with van der Waals surface area (Å²) in [4.78, 5) is 15.6. The lowest BCUT2D eigenvalue weighted by atomic mass is 10.1. The maximum Gasteiger partial charge on any atom is 0.272 e. The topological polar surface area (TPSA) is 73.9 Å². The monoisotopic (exact) mass is 254 g/mol. The predicted octanol–water partition coefficient (Wildman–Crippen LogP) is 1.70. The Hall–Kier alpha value is -2.94. The van der Waals surface area contributed by atoms with E-state index in [9.17, 15) is 9.18 Å². The van der Waals surface area contributed by atoms with Crippen LogP contribution in [0, 0.1) is 17.1 Å². The summed E-state index contributed by atoms with van der Waals surface area (Å²) < 4.78 is 14.8. The molecular formula is C13H7FN4O. The molecule has 0 aliphatic heterocycles. The van der Waals surface area contributed by atoms with Crippen molar-refractivity contribution in [1.82, 2.24) is 14.6 Å². The summed E-state index contributed by atoms with van der Waals surface area (Å²) in [6, 6.07) is 8.97. The highest BCUT2D eigenvalue weighted by Gasteiger charge is 2.08. The molecule has 0 aliphatic rings. The van der Waals surface area contributed by atoms with Gasteiger partial charge in [-0.1, -0.05) is 6.07 Å². The Morgan fingerprint density at radius 3 is 2.84 bits per heavy atom. The maximum absolute atomic E-state index is 13.6. The summed E-state index contributed by atoms with van der Waals surface area (Å²) in [5.74, 6) is -0.598. The summed E-state index contributed by atoms with van der Waals surface area (Å²) in [6.07, 6.45) is 1.41. The molecule has 1 aromatic carbocycles. The van der Waals surface area contributed by atoms with Gasteiger partial charge in [0.15, 0.2) is 5.65 Å². The van der Waals surface area contributed by atoms with Crippen LogP contribution >= 0.6 is 0 Å². The molecule has 2 heterocycles. The zero-order chi connectivity index (χ0) is 13.4. The number of fused-ring (bicyclic) bond motifs is 1. The van der Waals surface area contributed by atoms with Gasteiger partial charge in [0.2, 0.25) is 0 Å². The molecule has 0 saturated carbocycles. The SMILES string of the molecule is N#Cc1ccc(-c2cc3nccc(=O)n3[nH]2)cc1F. The Balaban J connectivity index is 2.20. The van der Waals surface area contributed by atoms with Gasteiger partial charge >= 0.3 is 0 Å². The predicted molar refractivity (Wildman–Crippen MR) is 65.9 cm³/mol. The minimum atomic E-state index is -0.598. The summed E-state index contributed by atoms with van der Waals surface area (Å²) >= 11 is 0. The first-order valence-corrected chi connectivity index (χ1v) is 5.46. The van der Waals surface area contributed by atoms with E-state index in [-0.39, 0.29) is 11.1 Å². The van der Waals surface area contributed by atoms with Crippen molar-refractivity contribution in [1.29, 1.82) is 5.26 Å². The number of halogens is 1. The third-order valence-corrected chi connectivity index (χ3v) is 2.78. The van der Waals surface area contributed by atoms with Crippen LogP contribution in [0.4, 0.5) is 4.39 Å². The Kier molecular flexibility index (Phi) is 2.39. The first-order chi connectivity index (χ1) is 9.19. The number of H-pyrrole nitrogens is 1. The highest BCUT2D eigenvalue weighted by atomic mass is 19.1. The fourth-order valence-electron chi connectivity index (χ4n) is 1.84. The van der Waals surface area contributed by atoms with Crippen LogP contribution in [0.1, 0.15) is 5.56 Å². The molecule has 19 heavy (non-hydrogen) atoms. The average Bonchev–Trinajstić information content (AvgIpc) is 2.84. The lowest BCUT2D eigenvalue weighted by Crippen LogP contribution is -2.12. The lowest BCUT2D eigenvalue weighted by molar-refractivity contribution is 0.624. The van der Waals surface area contributed by atoms with Crippen molar-refractivity contribution in [3.8, 4) is 17.3 Å². The quantitative estimate of drug-likeness (QED) is 0.718. The standard InChI is InChI=1S/C13H7FN4O/c14-10-5-8(1-2-9(10)7-15)11-6-12-16-4-3-13(19)18(12)17-11/h1-6,17H. The average molecular weight is 254 g/mol. The fraction of sp³-hybridized carbons (Fsp3) is 0. The molecule has 0 fully saturated rings. The van der Waals surface area contributed by atoms with Gasteiger partial charge in [-0.2, -0.15) is 5.26 Å². The number of aromatic nitrogens is 3. The van der Waals surface area contributed by atoms with Crippen molar-refractivity contribution < 1.29 is 4.39 Å². The second-order valence-corrected chi connectivity index (χ2v) is 3.95. The molecule has 0 aliphatic carbocycles. The van der Waals surface area contributed by atoms with E-state index in [0.29, 0.717) is 16.9 Å². The van der Waals surface area contributed by atoms with Crippen LogP contribution in [0.5, 0.6) is 0 Å². The molecule has 0 unspecified atom stereocenters. The Bertz CT molecular complexity index is 872. The van der Waals surface area contributed by atoms with Crippen molar-refractivity contribution in [3.63, 3.8) is 0 Å². The molecule has 0 atom stereocenters. The molecule has 3 rings (SSSR count). The van der Waals surface area contributed by atoms with Crippen LogP contribution in [0.15, 0.2) is 41.3 Å². The molecule has 0 spiro atoms. The van der Waals surface area contributed by atoms with Gasteiger partial charge in [0.1, 0.15) is 11.9 Å². The van der Waals surface area contributed by atoms with E-state index in [1.54, 1.807) is 18.2 Å². The van der Waals surface area contributed by atoms with Gasteiger partial charge < -0.3 is 0 Å². The van der Waals surface area contributed by atoms with Crippen LogP contribution in [-0.4, -0.2) is 14.6 Å². The van der Waals surface area contributed by atoms with Crippen LogP contribution in [0.2, 0.25) is 0 Å². The van der Waals surface area contributed by atoms with Gasteiger partial charge in [0, 0.05) is 23.9 Å². The van der Waals surface area contributed by atoms with E-state index in [1.165, 1.54) is 28.9 Å². The minimum absolute atomic E-state index is 0.0184. The lowest BCUT2D eigenvalue weighted by Gasteiger charge is -1.98. The summed E-state index contributed by atoms with van der Waals surface area (Å²) in [6.45, 7) is 0. The molecule has 0 amide bonds. The summed E-state index contributed by atoms with van der Waals surface area (Å²) in [7, 11) is 0. The third kappa shape index (κ3) is 1.77. The van der Waals surface area contributed by atoms with Crippen molar-refractivity contribution in [2.75, 3.05) is 0 Å². The first-order valence-electron chi connectivity index (χ1n) is 5.46. The van der Waals surface area contributed by atoms with Crippen molar-refractivity contribution in [2.24, 2.45) is 0 Å². The van der Waals surface area contributed by atoms with Gasteiger partial charge in [-0.05, 0) is 12.1 Å². The van der Waals surface area contributed by atoms with E-state index >= 15 is 0 Å². The van der Waals surface area contributed by atoms with Crippen LogP contribution in [0.25, 0.3) is 16.9 Å².